The van der Waals surface area contributed by atoms with Crippen LogP contribution in [0.3, 0.4) is 0 Å². The molecule has 3 atom stereocenters. The van der Waals surface area contributed by atoms with Gasteiger partial charge in [-0.3, -0.25) is 0 Å². The SMILES string of the molecule is C[N-]C1CCCC2CC(C)(C)OC21. The van der Waals surface area contributed by atoms with Gasteiger partial charge in [-0.15, -0.1) is 6.04 Å². The minimum atomic E-state index is 0.0998. The highest BCUT2D eigenvalue weighted by Crippen LogP contribution is 2.43. The Balaban J connectivity index is 2.08. The molecule has 1 saturated carbocycles. The first kappa shape index (κ1) is 9.47. The summed E-state index contributed by atoms with van der Waals surface area (Å²) >= 11 is 0. The predicted octanol–water partition coefficient (Wildman–Crippen LogP) is 2.73. The van der Waals surface area contributed by atoms with E-state index in [1.54, 1.807) is 0 Å². The highest BCUT2D eigenvalue weighted by molar-refractivity contribution is 5.03. The van der Waals surface area contributed by atoms with Gasteiger partial charge in [-0.25, -0.2) is 0 Å². The summed E-state index contributed by atoms with van der Waals surface area (Å²) in [5.41, 5.74) is 0.0998. The molecule has 2 rings (SSSR count). The summed E-state index contributed by atoms with van der Waals surface area (Å²) < 4.78 is 6.06. The zero-order valence-electron chi connectivity index (χ0n) is 8.92. The van der Waals surface area contributed by atoms with E-state index >= 15 is 0 Å². The first-order valence-corrected chi connectivity index (χ1v) is 5.39. The van der Waals surface area contributed by atoms with E-state index < -0.39 is 0 Å². The molecule has 0 spiro atoms. The van der Waals surface area contributed by atoms with Gasteiger partial charge in [0, 0.05) is 6.10 Å². The van der Waals surface area contributed by atoms with Crippen molar-refractivity contribution in [1.29, 1.82) is 0 Å². The lowest BCUT2D eigenvalue weighted by Gasteiger charge is -2.40. The van der Waals surface area contributed by atoms with Crippen molar-refractivity contribution in [3.05, 3.63) is 5.32 Å². The smallest absolute Gasteiger partial charge is 0.0633 e. The van der Waals surface area contributed by atoms with Crippen molar-refractivity contribution in [1.82, 2.24) is 0 Å². The summed E-state index contributed by atoms with van der Waals surface area (Å²) in [6, 6.07) is 0.473. The molecular formula is C11H20NO-. The lowest BCUT2D eigenvalue weighted by molar-refractivity contribution is -0.0343. The molecule has 2 fully saturated rings. The number of hydrogen-bond donors (Lipinski definition) is 0. The lowest BCUT2D eigenvalue weighted by Crippen LogP contribution is -2.35. The molecule has 2 heteroatoms. The zero-order valence-corrected chi connectivity index (χ0v) is 8.92. The molecule has 0 amide bonds. The molecule has 0 radical (unpaired) electrons. The maximum Gasteiger partial charge on any atom is 0.0633 e. The molecule has 76 valence electrons. The molecule has 2 nitrogen and oxygen atoms in total. The van der Waals surface area contributed by atoms with Gasteiger partial charge in [-0.2, -0.15) is 7.05 Å². The Kier molecular flexibility index (Phi) is 2.37. The van der Waals surface area contributed by atoms with Crippen molar-refractivity contribution in [2.45, 2.75) is 57.3 Å². The van der Waals surface area contributed by atoms with Gasteiger partial charge in [0.15, 0.2) is 0 Å². The summed E-state index contributed by atoms with van der Waals surface area (Å²) in [4.78, 5) is 0. The van der Waals surface area contributed by atoms with Crippen LogP contribution in [-0.4, -0.2) is 24.8 Å². The standard InChI is InChI=1S/C11H20NO/c1-11(2)7-8-5-4-6-9(12-3)10(8)13-11/h8-10H,4-7H2,1-3H3/q-1. The third-order valence-electron chi connectivity index (χ3n) is 3.46. The Morgan fingerprint density at radius 2 is 2.08 bits per heavy atom. The second-order valence-corrected chi connectivity index (χ2v) is 5.06. The van der Waals surface area contributed by atoms with Crippen LogP contribution in [0.15, 0.2) is 0 Å². The first-order chi connectivity index (χ1) is 6.12. The fourth-order valence-electron chi connectivity index (χ4n) is 2.95. The van der Waals surface area contributed by atoms with Crippen molar-refractivity contribution in [3.8, 4) is 0 Å². The fraction of sp³-hybridized carbons (Fsp3) is 1.00. The van der Waals surface area contributed by atoms with Gasteiger partial charge < -0.3 is 10.1 Å². The molecule has 0 aromatic heterocycles. The van der Waals surface area contributed by atoms with Crippen molar-refractivity contribution < 1.29 is 4.74 Å². The molecule has 13 heavy (non-hydrogen) atoms. The molecule has 1 aliphatic carbocycles. The molecule has 0 bridgehead atoms. The van der Waals surface area contributed by atoms with Crippen molar-refractivity contribution in [2.24, 2.45) is 5.92 Å². The Labute approximate surface area is 81.0 Å². The zero-order chi connectivity index (χ0) is 9.47. The van der Waals surface area contributed by atoms with Crippen LogP contribution in [0.25, 0.3) is 5.32 Å². The average Bonchev–Trinajstić information content (AvgIpc) is 2.37. The van der Waals surface area contributed by atoms with Gasteiger partial charge in [-0.1, -0.05) is 12.8 Å². The minimum Gasteiger partial charge on any atom is -0.660 e. The predicted molar refractivity (Wildman–Crippen MR) is 54.0 cm³/mol. The van der Waals surface area contributed by atoms with E-state index in [1.165, 1.54) is 25.7 Å². The molecular weight excluding hydrogens is 162 g/mol. The minimum absolute atomic E-state index is 0.0998. The van der Waals surface area contributed by atoms with E-state index in [-0.39, 0.29) is 5.60 Å². The number of rotatable bonds is 1. The highest BCUT2D eigenvalue weighted by atomic mass is 16.5. The number of ether oxygens (including phenoxy) is 1. The van der Waals surface area contributed by atoms with Crippen molar-refractivity contribution in [2.75, 3.05) is 7.05 Å². The first-order valence-electron chi connectivity index (χ1n) is 5.39. The normalized spacial score (nSPS) is 43.2. The van der Waals surface area contributed by atoms with E-state index in [0.29, 0.717) is 12.1 Å². The van der Waals surface area contributed by atoms with Gasteiger partial charge in [-0.05, 0) is 32.6 Å². The number of likely N-dealkylation sites (N-methyl/N-ethyl adjacent to an activating group) is 1. The van der Waals surface area contributed by atoms with Crippen LogP contribution in [0.1, 0.15) is 39.5 Å². The van der Waals surface area contributed by atoms with Crippen LogP contribution >= 0.6 is 0 Å². The number of hydrogen-bond acceptors (Lipinski definition) is 1. The number of fused-ring (bicyclic) bond motifs is 1. The van der Waals surface area contributed by atoms with Crippen LogP contribution in [0.4, 0.5) is 0 Å². The van der Waals surface area contributed by atoms with Crippen LogP contribution in [0.5, 0.6) is 0 Å². The van der Waals surface area contributed by atoms with Crippen LogP contribution in [0.2, 0.25) is 0 Å². The molecule has 1 aliphatic heterocycles. The Hall–Kier alpha value is -0.0800. The topological polar surface area (TPSA) is 23.3 Å². The van der Waals surface area contributed by atoms with Crippen molar-refractivity contribution in [3.63, 3.8) is 0 Å². The quantitative estimate of drug-likeness (QED) is 0.611. The Bertz CT molecular complexity index is 191. The lowest BCUT2D eigenvalue weighted by atomic mass is 9.81. The fourth-order valence-corrected chi connectivity index (χ4v) is 2.95. The summed E-state index contributed by atoms with van der Waals surface area (Å²) in [5, 5.41) is 4.43. The van der Waals surface area contributed by atoms with Crippen LogP contribution in [0, 0.1) is 5.92 Å². The summed E-state index contributed by atoms with van der Waals surface area (Å²) in [6.07, 6.45) is 5.56. The molecule has 2 aliphatic rings. The molecule has 0 N–H and O–H groups in total. The molecule has 1 saturated heterocycles. The summed E-state index contributed by atoms with van der Waals surface area (Å²) in [6.45, 7) is 4.41. The van der Waals surface area contributed by atoms with E-state index in [2.05, 4.69) is 19.2 Å². The van der Waals surface area contributed by atoms with Crippen LogP contribution in [-0.2, 0) is 4.74 Å². The Morgan fingerprint density at radius 3 is 2.77 bits per heavy atom. The summed E-state index contributed by atoms with van der Waals surface area (Å²) in [7, 11) is 1.93. The Morgan fingerprint density at radius 1 is 1.31 bits per heavy atom. The van der Waals surface area contributed by atoms with Crippen molar-refractivity contribution >= 4 is 0 Å². The van der Waals surface area contributed by atoms with Gasteiger partial charge in [0.25, 0.3) is 0 Å². The number of nitrogens with zero attached hydrogens (tertiary/aromatic N) is 1. The second kappa shape index (κ2) is 3.25. The van der Waals surface area contributed by atoms with E-state index in [1.807, 2.05) is 7.05 Å². The maximum absolute atomic E-state index is 6.06. The monoisotopic (exact) mass is 182 g/mol. The summed E-state index contributed by atoms with van der Waals surface area (Å²) in [5.74, 6) is 0.775. The van der Waals surface area contributed by atoms with E-state index in [4.69, 9.17) is 4.74 Å². The van der Waals surface area contributed by atoms with Crippen LogP contribution < -0.4 is 0 Å². The van der Waals surface area contributed by atoms with E-state index in [9.17, 15) is 0 Å². The molecule has 0 aromatic rings. The van der Waals surface area contributed by atoms with Gasteiger partial charge in [0.1, 0.15) is 0 Å². The second-order valence-electron chi connectivity index (χ2n) is 5.06. The largest absolute Gasteiger partial charge is 0.660 e. The third-order valence-corrected chi connectivity index (χ3v) is 3.46. The highest BCUT2D eigenvalue weighted by Gasteiger charge is 2.42. The molecule has 1 heterocycles. The third kappa shape index (κ3) is 1.75. The van der Waals surface area contributed by atoms with Gasteiger partial charge in [0.05, 0.1) is 5.60 Å². The average molecular weight is 182 g/mol. The maximum atomic E-state index is 6.06. The molecule has 0 aromatic carbocycles. The van der Waals surface area contributed by atoms with Gasteiger partial charge in [0.2, 0.25) is 0 Å². The van der Waals surface area contributed by atoms with Gasteiger partial charge >= 0.3 is 0 Å². The molecule has 3 unspecified atom stereocenters. The van der Waals surface area contributed by atoms with E-state index in [0.717, 1.165) is 5.92 Å².